The molecule has 1 N–H and O–H groups in total. The molecule has 0 atom stereocenters. The Balaban J connectivity index is 1.69. The molecule has 0 amide bonds. The van der Waals surface area contributed by atoms with Crippen molar-refractivity contribution in [3.05, 3.63) is 58.2 Å². The molecule has 0 aromatic carbocycles. The highest BCUT2D eigenvalue weighted by atomic mass is 32.1. The van der Waals surface area contributed by atoms with Crippen molar-refractivity contribution in [2.75, 3.05) is 18.0 Å². The number of aryl methyl sites for hydroxylation is 1. The van der Waals surface area contributed by atoms with Crippen LogP contribution in [0.1, 0.15) is 22.0 Å². The van der Waals surface area contributed by atoms with E-state index in [1.165, 1.54) is 17.8 Å². The molecule has 152 valence electrons. The van der Waals surface area contributed by atoms with Gasteiger partial charge in [-0.05, 0) is 13.0 Å². The zero-order valence-corrected chi connectivity index (χ0v) is 16.4. The Labute approximate surface area is 172 Å². The molecule has 5 heterocycles. The van der Waals surface area contributed by atoms with Gasteiger partial charge in [0.15, 0.2) is 17.3 Å². The van der Waals surface area contributed by atoms with Gasteiger partial charge < -0.3 is 10.0 Å². The summed E-state index contributed by atoms with van der Waals surface area (Å²) < 4.78 is 22.3. The number of fused-ring (bicyclic) bond motifs is 1. The van der Waals surface area contributed by atoms with Crippen LogP contribution in [0.25, 0.3) is 16.2 Å². The van der Waals surface area contributed by atoms with E-state index < -0.39 is 22.8 Å². The summed E-state index contributed by atoms with van der Waals surface area (Å²) in [6.07, 6.45) is 6.00. The molecule has 0 bridgehead atoms. The second kappa shape index (κ2) is 6.69. The van der Waals surface area contributed by atoms with Crippen LogP contribution in [0.15, 0.2) is 35.8 Å². The molecule has 0 unspecified atom stereocenters. The normalized spacial score (nSPS) is 14.3. The van der Waals surface area contributed by atoms with E-state index >= 15 is 4.39 Å². The van der Waals surface area contributed by atoms with Gasteiger partial charge in [0.2, 0.25) is 10.6 Å². The highest BCUT2D eigenvalue weighted by molar-refractivity contribution is 7.08. The van der Waals surface area contributed by atoms with Crippen LogP contribution in [0.5, 0.6) is 0 Å². The lowest BCUT2D eigenvalue weighted by Gasteiger charge is -2.40. The van der Waals surface area contributed by atoms with E-state index in [1.54, 1.807) is 15.8 Å². The molecular weight excluding hydrogens is 413 g/mol. The number of carbonyl (C=O) groups is 1. The summed E-state index contributed by atoms with van der Waals surface area (Å²) in [6.45, 7) is 2.46. The first-order valence-electron chi connectivity index (χ1n) is 8.95. The molecular formula is C18H14FN7O3S. The maximum absolute atomic E-state index is 15.2. The van der Waals surface area contributed by atoms with Crippen molar-refractivity contribution in [3.8, 4) is 5.13 Å². The van der Waals surface area contributed by atoms with E-state index in [-0.39, 0.29) is 28.5 Å². The van der Waals surface area contributed by atoms with E-state index in [4.69, 9.17) is 0 Å². The smallest absolute Gasteiger partial charge is 0.341 e. The quantitative estimate of drug-likeness (QED) is 0.522. The molecule has 1 aliphatic rings. The molecule has 1 aliphatic heterocycles. The topological polar surface area (TPSA) is 119 Å². The number of rotatable bonds is 4. The lowest BCUT2D eigenvalue weighted by atomic mass is 10.1. The van der Waals surface area contributed by atoms with Crippen LogP contribution in [0.2, 0.25) is 0 Å². The van der Waals surface area contributed by atoms with Crippen LogP contribution < -0.4 is 10.3 Å². The molecule has 0 saturated carbocycles. The van der Waals surface area contributed by atoms with E-state index in [9.17, 15) is 14.7 Å². The summed E-state index contributed by atoms with van der Waals surface area (Å²) in [5, 5.41) is 13.9. The number of hydrogen-bond donors (Lipinski definition) is 1. The highest BCUT2D eigenvalue weighted by Gasteiger charge is 2.33. The zero-order valence-electron chi connectivity index (χ0n) is 15.6. The van der Waals surface area contributed by atoms with Gasteiger partial charge in [0.05, 0.1) is 11.4 Å². The minimum atomic E-state index is -1.41. The predicted molar refractivity (Wildman–Crippen MR) is 106 cm³/mol. The molecule has 4 aromatic rings. The van der Waals surface area contributed by atoms with Gasteiger partial charge in [0, 0.05) is 48.8 Å². The number of carboxylic acids is 1. The lowest BCUT2D eigenvalue weighted by Crippen LogP contribution is -2.49. The Hall–Kier alpha value is -3.67. The molecule has 0 spiro atoms. The number of hydrogen-bond acceptors (Lipinski definition) is 8. The summed E-state index contributed by atoms with van der Waals surface area (Å²) in [6, 6.07) is 1.92. The highest BCUT2D eigenvalue weighted by Crippen LogP contribution is 2.32. The van der Waals surface area contributed by atoms with Crippen molar-refractivity contribution in [1.82, 2.24) is 28.7 Å². The molecule has 0 aliphatic carbocycles. The van der Waals surface area contributed by atoms with Crippen LogP contribution in [0.3, 0.4) is 0 Å². The Kier molecular flexibility index (Phi) is 4.10. The zero-order chi connectivity index (χ0) is 21.0. The van der Waals surface area contributed by atoms with Crippen molar-refractivity contribution in [1.29, 1.82) is 0 Å². The largest absolute Gasteiger partial charge is 0.477 e. The van der Waals surface area contributed by atoms with Gasteiger partial charge in [-0.3, -0.25) is 14.0 Å². The molecule has 5 rings (SSSR count). The van der Waals surface area contributed by atoms with Crippen LogP contribution >= 0.6 is 11.5 Å². The van der Waals surface area contributed by atoms with E-state index in [1.807, 2.05) is 12.3 Å². The van der Waals surface area contributed by atoms with Crippen molar-refractivity contribution >= 4 is 34.4 Å². The standard InChI is InChI=1S/C18H14FN7O3S/c1-9-12-14(27)11(17(28)29)7-25(18-20-8-22-30-18)15(12)23-16(13(9)19)24-5-10(6-24)26-4-2-3-21-26/h2-4,7-8,10H,5-6H2,1H3,(H,28,29). The Bertz CT molecular complexity index is 1330. The van der Waals surface area contributed by atoms with Crippen LogP contribution in [-0.4, -0.2) is 52.9 Å². The minimum Gasteiger partial charge on any atom is -0.477 e. The first kappa shape index (κ1) is 18.4. The monoisotopic (exact) mass is 427 g/mol. The number of pyridine rings is 2. The van der Waals surface area contributed by atoms with Crippen molar-refractivity contribution in [2.24, 2.45) is 0 Å². The fraction of sp³-hybridized carbons (Fsp3) is 0.222. The number of aromatic nitrogens is 6. The third kappa shape index (κ3) is 2.68. The summed E-state index contributed by atoms with van der Waals surface area (Å²) in [5.74, 6) is -1.96. The third-order valence-electron chi connectivity index (χ3n) is 5.14. The van der Waals surface area contributed by atoms with Gasteiger partial charge in [-0.25, -0.2) is 19.2 Å². The van der Waals surface area contributed by atoms with Gasteiger partial charge >= 0.3 is 5.97 Å². The number of carboxylic acid groups (broad SMARTS) is 1. The van der Waals surface area contributed by atoms with Gasteiger partial charge in [-0.1, -0.05) is 0 Å². The Morgan fingerprint density at radius 3 is 2.80 bits per heavy atom. The molecule has 1 saturated heterocycles. The van der Waals surface area contributed by atoms with Crippen LogP contribution in [-0.2, 0) is 0 Å². The fourth-order valence-corrected chi connectivity index (χ4v) is 4.06. The first-order valence-corrected chi connectivity index (χ1v) is 9.73. The van der Waals surface area contributed by atoms with Gasteiger partial charge in [-0.2, -0.15) is 9.47 Å². The van der Waals surface area contributed by atoms with Crippen molar-refractivity contribution in [2.45, 2.75) is 13.0 Å². The predicted octanol–water partition coefficient (Wildman–Crippen LogP) is 1.64. The van der Waals surface area contributed by atoms with E-state index in [0.29, 0.717) is 18.2 Å². The second-order valence-electron chi connectivity index (χ2n) is 6.89. The van der Waals surface area contributed by atoms with Crippen LogP contribution in [0.4, 0.5) is 10.2 Å². The molecule has 4 aromatic heterocycles. The first-order chi connectivity index (χ1) is 14.5. The molecule has 12 heteroatoms. The van der Waals surface area contributed by atoms with Crippen molar-refractivity contribution < 1.29 is 14.3 Å². The number of nitrogens with zero attached hydrogens (tertiary/aromatic N) is 7. The number of anilines is 1. The second-order valence-corrected chi connectivity index (χ2v) is 7.65. The third-order valence-corrected chi connectivity index (χ3v) is 5.81. The average molecular weight is 427 g/mol. The summed E-state index contributed by atoms with van der Waals surface area (Å²) >= 11 is 1.01. The van der Waals surface area contributed by atoms with Gasteiger partial charge in [0.1, 0.15) is 11.9 Å². The number of aromatic carboxylic acids is 1. The summed E-state index contributed by atoms with van der Waals surface area (Å²) in [4.78, 5) is 34.6. The Morgan fingerprint density at radius 1 is 1.37 bits per heavy atom. The summed E-state index contributed by atoms with van der Waals surface area (Å²) in [7, 11) is 0. The molecule has 1 fully saturated rings. The van der Waals surface area contributed by atoms with Gasteiger partial charge in [-0.15, -0.1) is 0 Å². The van der Waals surface area contributed by atoms with E-state index in [0.717, 1.165) is 17.7 Å². The SMILES string of the molecule is Cc1c(F)c(N2CC(n3cccn3)C2)nc2c1c(=O)c(C(=O)O)cn2-c1ncns1. The maximum atomic E-state index is 15.2. The molecule has 0 radical (unpaired) electrons. The lowest BCUT2D eigenvalue weighted by molar-refractivity contribution is 0.0695. The summed E-state index contributed by atoms with van der Waals surface area (Å²) in [5.41, 5.74) is -1.09. The van der Waals surface area contributed by atoms with Crippen molar-refractivity contribution in [3.63, 3.8) is 0 Å². The minimum absolute atomic E-state index is 0.0453. The van der Waals surface area contributed by atoms with Crippen LogP contribution in [0, 0.1) is 12.7 Å². The average Bonchev–Trinajstić information content (AvgIpc) is 3.38. The van der Waals surface area contributed by atoms with Gasteiger partial charge in [0.25, 0.3) is 0 Å². The fourth-order valence-electron chi connectivity index (χ4n) is 3.55. The maximum Gasteiger partial charge on any atom is 0.341 e. The molecule has 10 nitrogen and oxygen atoms in total. The Morgan fingerprint density at radius 2 is 2.17 bits per heavy atom. The number of halogens is 1. The van der Waals surface area contributed by atoms with E-state index in [2.05, 4.69) is 19.4 Å². The molecule has 30 heavy (non-hydrogen) atoms.